The summed E-state index contributed by atoms with van der Waals surface area (Å²) < 4.78 is 5.22. The molecule has 196 valence electrons. The molecule has 0 aliphatic heterocycles. The van der Waals surface area contributed by atoms with Gasteiger partial charge in [0.1, 0.15) is 12.1 Å². The van der Waals surface area contributed by atoms with Crippen LogP contribution in [0.2, 0.25) is 0 Å². The predicted octanol–water partition coefficient (Wildman–Crippen LogP) is 0.542. The highest BCUT2D eigenvalue weighted by molar-refractivity contribution is 5.83. The Morgan fingerprint density at radius 2 is 1.94 bits per heavy atom. The van der Waals surface area contributed by atoms with Crippen LogP contribution in [0.5, 0.6) is 0 Å². The van der Waals surface area contributed by atoms with Gasteiger partial charge in [-0.1, -0.05) is 35.0 Å². The molecule has 0 saturated heterocycles. The first-order valence-corrected chi connectivity index (χ1v) is 11.3. The molecule has 2 rings (SSSR count). The molecule has 0 saturated carbocycles. The van der Waals surface area contributed by atoms with Crippen LogP contribution in [-0.2, 0) is 16.0 Å². The first-order chi connectivity index (χ1) is 17.0. The van der Waals surface area contributed by atoms with Crippen molar-refractivity contribution in [3.05, 3.63) is 47.1 Å². The molecule has 0 fully saturated rings. The highest BCUT2D eigenvalue weighted by Gasteiger charge is 2.26. The van der Waals surface area contributed by atoms with Crippen LogP contribution in [0.4, 0.5) is 4.79 Å². The monoisotopic (exact) mass is 504 g/mol. The van der Waals surface area contributed by atoms with E-state index in [2.05, 4.69) is 26.1 Å². The van der Waals surface area contributed by atoms with Gasteiger partial charge in [0, 0.05) is 19.4 Å². The molecule has 0 aliphatic rings. The van der Waals surface area contributed by atoms with Gasteiger partial charge < -0.3 is 42.2 Å². The molecular formula is C22H32N8O6. The summed E-state index contributed by atoms with van der Waals surface area (Å²) in [6, 6.07) is 3.62. The molecule has 1 aromatic heterocycles. The van der Waals surface area contributed by atoms with Crippen LogP contribution in [0.15, 0.2) is 28.8 Å². The van der Waals surface area contributed by atoms with Gasteiger partial charge in [-0.2, -0.15) is 4.98 Å². The molecule has 1 aromatic carbocycles. The summed E-state index contributed by atoms with van der Waals surface area (Å²) in [6.45, 7) is 2.31. The quantitative estimate of drug-likeness (QED) is 0.100. The number of nitrogens with one attached hydrogen (secondary N) is 4. The average molecular weight is 505 g/mol. The van der Waals surface area contributed by atoms with Gasteiger partial charge in [-0.3, -0.25) is 10.2 Å². The number of aryl methyl sites for hydroxylation is 1. The Labute approximate surface area is 207 Å². The van der Waals surface area contributed by atoms with Crippen LogP contribution in [-0.4, -0.2) is 56.9 Å². The van der Waals surface area contributed by atoms with Crippen LogP contribution in [0.3, 0.4) is 0 Å². The molecule has 0 spiro atoms. The third kappa shape index (κ3) is 9.58. The molecule has 0 aliphatic carbocycles. The van der Waals surface area contributed by atoms with Crippen LogP contribution >= 0.6 is 0 Å². The van der Waals surface area contributed by atoms with Gasteiger partial charge in [0.25, 0.3) is 0 Å². The molecule has 14 heteroatoms. The van der Waals surface area contributed by atoms with E-state index in [4.69, 9.17) is 26.5 Å². The van der Waals surface area contributed by atoms with Gasteiger partial charge in [0.05, 0.1) is 6.04 Å². The maximum atomic E-state index is 12.6. The van der Waals surface area contributed by atoms with Crippen molar-refractivity contribution < 1.29 is 29.1 Å². The molecule has 2 amide bonds. The second-order valence-corrected chi connectivity index (χ2v) is 8.27. The lowest BCUT2D eigenvalue weighted by Gasteiger charge is -2.19. The van der Waals surface area contributed by atoms with Crippen LogP contribution in [0.25, 0.3) is 0 Å². The van der Waals surface area contributed by atoms with E-state index in [0.717, 1.165) is 11.1 Å². The Bertz CT molecular complexity index is 1060. The van der Waals surface area contributed by atoms with Gasteiger partial charge in [-0.05, 0) is 31.7 Å². The minimum atomic E-state index is -1.22. The Morgan fingerprint density at radius 3 is 2.58 bits per heavy atom. The van der Waals surface area contributed by atoms with Crippen molar-refractivity contribution in [2.45, 2.75) is 57.2 Å². The number of guanidine groups is 1. The number of aromatic nitrogens is 2. The first kappa shape index (κ1) is 28.0. The number of nitrogens with two attached hydrogens (primary N) is 2. The van der Waals surface area contributed by atoms with E-state index in [1.54, 1.807) is 12.1 Å². The van der Waals surface area contributed by atoms with Crippen molar-refractivity contribution in [2.75, 3.05) is 6.54 Å². The lowest BCUT2D eigenvalue weighted by molar-refractivity contribution is -0.139. The highest BCUT2D eigenvalue weighted by Crippen LogP contribution is 2.20. The Balaban J connectivity index is 2.05. The van der Waals surface area contributed by atoms with Crippen LogP contribution in [0, 0.1) is 12.3 Å². The molecule has 0 radical (unpaired) electrons. The average Bonchev–Trinajstić information content (AvgIpc) is 3.29. The number of nitrogens with zero attached hydrogens (tertiary/aromatic N) is 2. The van der Waals surface area contributed by atoms with Gasteiger partial charge >= 0.3 is 18.0 Å². The van der Waals surface area contributed by atoms with E-state index in [1.165, 1.54) is 0 Å². The lowest BCUT2D eigenvalue weighted by atomic mass is 10.0. The van der Waals surface area contributed by atoms with E-state index in [-0.39, 0.29) is 36.9 Å². The first-order valence-electron chi connectivity index (χ1n) is 11.3. The second kappa shape index (κ2) is 13.6. The maximum absolute atomic E-state index is 12.6. The minimum Gasteiger partial charge on any atom is -0.481 e. The number of rotatable bonds is 14. The summed E-state index contributed by atoms with van der Waals surface area (Å²) in [7, 11) is 0. The van der Waals surface area contributed by atoms with Crippen LogP contribution in [0.1, 0.15) is 60.6 Å². The summed E-state index contributed by atoms with van der Waals surface area (Å²) in [5, 5.41) is 37.2. The molecule has 10 N–H and O–H groups in total. The molecular weight excluding hydrogens is 472 g/mol. The van der Waals surface area contributed by atoms with Gasteiger partial charge in [0.15, 0.2) is 11.8 Å². The van der Waals surface area contributed by atoms with Crippen molar-refractivity contribution in [1.82, 2.24) is 26.1 Å². The molecule has 0 bridgehead atoms. The number of carbonyl (C=O) groups excluding carboxylic acids is 1. The minimum absolute atomic E-state index is 0.0516. The topological polar surface area (TPSA) is 243 Å². The summed E-state index contributed by atoms with van der Waals surface area (Å²) in [6.07, 6.45) is 0.703. The smallest absolute Gasteiger partial charge is 0.326 e. The predicted molar refractivity (Wildman–Crippen MR) is 128 cm³/mol. The number of carbonyl (C=O) groups is 3. The molecule has 0 unspecified atom stereocenters. The van der Waals surface area contributed by atoms with Gasteiger partial charge in [-0.15, -0.1) is 0 Å². The fraction of sp³-hybridized carbons (Fsp3) is 0.455. The SMILES string of the molecule is Cc1cccc(C[C@H](NC(=O)N[C@@H](CCC(=O)O)c2nc([C@@H](N)CCCNC(=N)N)no2)C(=O)O)c1. The Kier molecular flexibility index (Phi) is 10.6. The zero-order chi connectivity index (χ0) is 26.7. The normalized spacial score (nSPS) is 13.3. The van der Waals surface area contributed by atoms with E-state index >= 15 is 0 Å². The van der Waals surface area contributed by atoms with E-state index in [1.807, 2.05) is 19.1 Å². The van der Waals surface area contributed by atoms with Gasteiger partial charge in [-0.25, -0.2) is 9.59 Å². The number of carboxylic acids is 2. The zero-order valence-corrected chi connectivity index (χ0v) is 19.9. The zero-order valence-electron chi connectivity index (χ0n) is 19.9. The summed E-state index contributed by atoms with van der Waals surface area (Å²) in [5.74, 6) is -2.36. The van der Waals surface area contributed by atoms with Crippen molar-refractivity contribution in [2.24, 2.45) is 11.5 Å². The van der Waals surface area contributed by atoms with E-state index in [9.17, 15) is 19.5 Å². The number of carboxylic acid groups (broad SMARTS) is 2. The Morgan fingerprint density at radius 1 is 1.19 bits per heavy atom. The summed E-state index contributed by atoms with van der Waals surface area (Å²) in [4.78, 5) is 39.7. The number of hydrogen-bond donors (Lipinski definition) is 8. The molecule has 14 nitrogen and oxygen atoms in total. The standard InChI is InChI=1S/C22H32N8O6/c1-12-4-2-5-13(10-12)11-16(20(33)34)28-22(35)27-15(7-8-17(31)32)19-29-18(30-36-19)14(23)6-3-9-26-21(24)25/h2,4-5,10,14-16H,3,6-9,11,23H2,1H3,(H,31,32)(H,33,34)(H4,24,25,26)(H2,27,28,35)/t14-,15-,16-/m0/s1. The molecule has 36 heavy (non-hydrogen) atoms. The number of benzene rings is 1. The van der Waals surface area contributed by atoms with Gasteiger partial charge in [0.2, 0.25) is 5.89 Å². The molecule has 3 atom stereocenters. The second-order valence-electron chi connectivity index (χ2n) is 8.27. The van der Waals surface area contributed by atoms with Crippen molar-refractivity contribution >= 4 is 23.9 Å². The number of aliphatic carboxylic acids is 2. The summed E-state index contributed by atoms with van der Waals surface area (Å²) in [5.41, 5.74) is 13.0. The van der Waals surface area contributed by atoms with Crippen molar-refractivity contribution in [1.29, 1.82) is 5.41 Å². The molecule has 1 heterocycles. The summed E-state index contributed by atoms with van der Waals surface area (Å²) >= 11 is 0. The number of urea groups is 1. The number of hydrogen-bond acceptors (Lipinski definition) is 8. The maximum Gasteiger partial charge on any atom is 0.326 e. The fourth-order valence-corrected chi connectivity index (χ4v) is 3.37. The van der Waals surface area contributed by atoms with Crippen molar-refractivity contribution in [3.63, 3.8) is 0 Å². The third-order valence-electron chi connectivity index (χ3n) is 5.17. The molecule has 2 aromatic rings. The fourth-order valence-electron chi connectivity index (χ4n) is 3.37. The van der Waals surface area contributed by atoms with Crippen molar-refractivity contribution in [3.8, 4) is 0 Å². The van der Waals surface area contributed by atoms with Crippen LogP contribution < -0.4 is 27.4 Å². The van der Waals surface area contributed by atoms with E-state index in [0.29, 0.717) is 19.4 Å². The third-order valence-corrected chi connectivity index (χ3v) is 5.17. The largest absolute Gasteiger partial charge is 0.481 e. The Hall–Kier alpha value is -4.20. The van der Waals surface area contributed by atoms with E-state index < -0.39 is 36.1 Å². The number of amides is 2. The highest BCUT2D eigenvalue weighted by atomic mass is 16.5. The lowest BCUT2D eigenvalue weighted by Crippen LogP contribution is -2.48.